The Bertz CT molecular complexity index is 1230. The standard InChI is InChI=1S/C22H33F2N2OP.C9H10BrF2NO/c1-13(2)5-6-16(11-14(3)4)21(27)26-20(25)18-10-9-17(22(23,24)28)12-19(18)15-7-8-15;1-6-3-7(10)4-13-8(6)14-5-9(2,11)12/h9-10,12-16H,5-8,11,28H2,1-4H3,(H2,25,26,27);3-4H,5H2,1-2H3. The highest BCUT2D eigenvalue weighted by Gasteiger charge is 2.32. The van der Waals surface area contributed by atoms with Crippen LogP contribution in [0.25, 0.3) is 0 Å². The van der Waals surface area contributed by atoms with E-state index >= 15 is 0 Å². The Morgan fingerprint density at radius 3 is 2.29 bits per heavy atom. The number of amides is 1. The Balaban J connectivity index is 0.000000369. The molecule has 234 valence electrons. The van der Waals surface area contributed by atoms with E-state index in [2.05, 4.69) is 53.6 Å². The first-order chi connectivity index (χ1) is 19.4. The van der Waals surface area contributed by atoms with Crippen LogP contribution in [0.3, 0.4) is 0 Å². The lowest BCUT2D eigenvalue weighted by Gasteiger charge is -2.18. The van der Waals surface area contributed by atoms with Gasteiger partial charge in [-0.25, -0.2) is 13.8 Å². The van der Waals surface area contributed by atoms with Crippen LogP contribution in [0, 0.1) is 24.7 Å². The molecule has 1 fully saturated rings. The number of aliphatic imine (C=N–C) groups is 1. The van der Waals surface area contributed by atoms with Crippen LogP contribution in [0.5, 0.6) is 5.88 Å². The van der Waals surface area contributed by atoms with Gasteiger partial charge < -0.3 is 10.5 Å². The Morgan fingerprint density at radius 2 is 1.79 bits per heavy atom. The number of aromatic nitrogens is 1. The van der Waals surface area contributed by atoms with Crippen LogP contribution >= 0.6 is 25.2 Å². The molecule has 2 aromatic rings. The van der Waals surface area contributed by atoms with E-state index in [1.54, 1.807) is 28.3 Å². The van der Waals surface area contributed by atoms with Gasteiger partial charge in [-0.15, -0.1) is 0 Å². The van der Waals surface area contributed by atoms with Crippen LogP contribution in [0.4, 0.5) is 17.6 Å². The monoisotopic (exact) mass is 675 g/mol. The van der Waals surface area contributed by atoms with Gasteiger partial charge in [-0.1, -0.05) is 55.5 Å². The van der Waals surface area contributed by atoms with E-state index in [9.17, 15) is 22.4 Å². The second-order valence-electron chi connectivity index (χ2n) is 12.0. The molecule has 1 aliphatic carbocycles. The number of benzene rings is 1. The highest BCUT2D eigenvalue weighted by atomic mass is 79.9. The molecule has 3 rings (SSSR count). The predicted octanol–water partition coefficient (Wildman–Crippen LogP) is 9.01. The minimum atomic E-state index is -2.98. The van der Waals surface area contributed by atoms with E-state index < -0.39 is 18.2 Å². The summed E-state index contributed by atoms with van der Waals surface area (Å²) in [5.74, 6) is -1.66. The Kier molecular flexibility index (Phi) is 13.4. The number of hydrogen-bond donors (Lipinski definition) is 1. The molecule has 42 heavy (non-hydrogen) atoms. The first-order valence-corrected chi connectivity index (χ1v) is 15.6. The van der Waals surface area contributed by atoms with E-state index in [1.807, 2.05) is 0 Å². The molecule has 1 amide bonds. The molecule has 5 nitrogen and oxygen atoms in total. The van der Waals surface area contributed by atoms with Crippen molar-refractivity contribution in [3.8, 4) is 5.88 Å². The van der Waals surface area contributed by atoms with Crippen LogP contribution in [0.15, 0.2) is 39.9 Å². The van der Waals surface area contributed by atoms with Gasteiger partial charge in [0, 0.05) is 40.2 Å². The van der Waals surface area contributed by atoms with Crippen molar-refractivity contribution in [1.29, 1.82) is 0 Å². The number of hydrogen-bond acceptors (Lipinski definition) is 3. The van der Waals surface area contributed by atoms with Crippen molar-refractivity contribution >= 4 is 36.9 Å². The van der Waals surface area contributed by atoms with Crippen molar-refractivity contribution in [2.75, 3.05) is 6.61 Å². The summed E-state index contributed by atoms with van der Waals surface area (Å²) in [4.78, 5) is 20.9. The van der Waals surface area contributed by atoms with Gasteiger partial charge >= 0.3 is 0 Å². The van der Waals surface area contributed by atoms with Crippen molar-refractivity contribution < 1.29 is 27.1 Å². The van der Waals surface area contributed by atoms with Gasteiger partial charge in [0.25, 0.3) is 17.5 Å². The van der Waals surface area contributed by atoms with Gasteiger partial charge in [-0.2, -0.15) is 13.8 Å². The molecule has 0 bridgehead atoms. The summed E-state index contributed by atoms with van der Waals surface area (Å²) in [6.07, 6.45) is 5.93. The van der Waals surface area contributed by atoms with Gasteiger partial charge in [0.2, 0.25) is 5.88 Å². The number of carbonyl (C=O) groups is 1. The third kappa shape index (κ3) is 12.7. The summed E-state index contributed by atoms with van der Waals surface area (Å²) < 4.78 is 58.0. The normalized spacial score (nSPS) is 15.0. The summed E-state index contributed by atoms with van der Waals surface area (Å²) in [6.45, 7) is 10.4. The molecule has 2 atom stereocenters. The van der Waals surface area contributed by atoms with Crippen molar-refractivity contribution in [3.63, 3.8) is 0 Å². The molecule has 1 saturated carbocycles. The molecule has 11 heteroatoms. The highest BCUT2D eigenvalue weighted by Crippen LogP contribution is 2.44. The van der Waals surface area contributed by atoms with Gasteiger partial charge in [0.15, 0.2) is 6.61 Å². The molecule has 1 heterocycles. The van der Waals surface area contributed by atoms with Crippen LogP contribution in [0.1, 0.15) is 94.9 Å². The van der Waals surface area contributed by atoms with Gasteiger partial charge in [0.1, 0.15) is 5.84 Å². The van der Waals surface area contributed by atoms with Crippen LogP contribution < -0.4 is 10.5 Å². The third-order valence-corrected chi connectivity index (χ3v) is 7.38. The summed E-state index contributed by atoms with van der Waals surface area (Å²) in [5.41, 5.74) is 5.25. The summed E-state index contributed by atoms with van der Waals surface area (Å²) in [7, 11) is 1.57. The number of rotatable bonds is 12. The fourth-order valence-electron chi connectivity index (χ4n) is 4.33. The quantitative estimate of drug-likeness (QED) is 0.105. The Hall–Kier alpha value is -2.06. The maximum Gasteiger partial charge on any atom is 0.283 e. The molecule has 0 saturated heterocycles. The average Bonchev–Trinajstić information content (AvgIpc) is 3.70. The number of nitrogens with two attached hydrogens (primary N) is 1. The van der Waals surface area contributed by atoms with Crippen molar-refractivity contribution in [3.05, 3.63) is 57.2 Å². The molecule has 1 aromatic carbocycles. The highest BCUT2D eigenvalue weighted by molar-refractivity contribution is 9.10. The Morgan fingerprint density at radius 1 is 1.14 bits per heavy atom. The number of aryl methyl sites for hydroxylation is 1. The maximum atomic E-state index is 13.7. The number of pyridine rings is 1. The topological polar surface area (TPSA) is 77.6 Å². The second kappa shape index (κ2) is 15.6. The summed E-state index contributed by atoms with van der Waals surface area (Å²) in [5, 5.41) is 0. The smallest absolute Gasteiger partial charge is 0.283 e. The first kappa shape index (κ1) is 36.1. The molecule has 2 unspecified atom stereocenters. The SMILES string of the molecule is CC(C)CCC(CC(C)C)C(=O)N=C(N)c1ccc(C(F)(F)P)cc1C1CC1.Cc1cc(Br)cnc1OCC(C)(F)F. The number of halogens is 5. The van der Waals surface area contributed by atoms with E-state index in [1.165, 1.54) is 18.3 Å². The van der Waals surface area contributed by atoms with Gasteiger partial charge in [0.05, 0.1) is 0 Å². The average molecular weight is 677 g/mol. The van der Waals surface area contributed by atoms with Crippen molar-refractivity contribution in [2.24, 2.45) is 28.5 Å². The van der Waals surface area contributed by atoms with Crippen LogP contribution in [-0.2, 0) is 10.5 Å². The minimum Gasteiger partial charge on any atom is -0.471 e. The zero-order valence-corrected chi connectivity index (χ0v) is 27.9. The second-order valence-corrected chi connectivity index (χ2v) is 13.6. The lowest BCUT2D eigenvalue weighted by Crippen LogP contribution is -2.22. The van der Waals surface area contributed by atoms with E-state index in [4.69, 9.17) is 10.5 Å². The minimum absolute atomic E-state index is 0.0584. The van der Waals surface area contributed by atoms with E-state index in [-0.39, 0.29) is 35.0 Å². The number of carbonyl (C=O) groups excluding carboxylic acids is 1. The number of ether oxygens (including phenoxy) is 1. The lowest BCUT2D eigenvalue weighted by molar-refractivity contribution is -0.122. The van der Waals surface area contributed by atoms with Crippen molar-refractivity contribution in [1.82, 2.24) is 4.98 Å². The fraction of sp³-hybridized carbons (Fsp3) is 0.581. The van der Waals surface area contributed by atoms with Crippen LogP contribution in [0.2, 0.25) is 0 Å². The molecule has 0 aliphatic heterocycles. The summed E-state index contributed by atoms with van der Waals surface area (Å²) >= 11 is 3.22. The van der Waals surface area contributed by atoms with E-state index in [0.717, 1.165) is 54.6 Å². The predicted molar refractivity (Wildman–Crippen MR) is 168 cm³/mol. The Labute approximate surface area is 257 Å². The fourth-order valence-corrected chi connectivity index (χ4v) is 4.95. The van der Waals surface area contributed by atoms with Crippen LogP contribution in [-0.4, -0.2) is 29.3 Å². The van der Waals surface area contributed by atoms with Crippen molar-refractivity contribution in [2.45, 2.75) is 91.2 Å². The molecule has 0 radical (unpaired) electrons. The number of nitrogens with zero attached hydrogens (tertiary/aromatic N) is 2. The molecule has 1 aliphatic rings. The third-order valence-electron chi connectivity index (χ3n) is 6.62. The molecule has 0 spiro atoms. The zero-order valence-electron chi connectivity index (χ0n) is 25.2. The first-order valence-electron chi connectivity index (χ1n) is 14.2. The molecule has 1 aromatic heterocycles. The van der Waals surface area contributed by atoms with Gasteiger partial charge in [-0.05, 0) is 84.0 Å². The van der Waals surface area contributed by atoms with Gasteiger partial charge in [-0.3, -0.25) is 4.79 Å². The maximum absolute atomic E-state index is 13.7. The molecular weight excluding hydrogens is 633 g/mol. The molecule has 2 N–H and O–H groups in total. The molecular formula is C31H43BrF4N3O2P. The largest absolute Gasteiger partial charge is 0.471 e. The summed E-state index contributed by atoms with van der Waals surface area (Å²) in [6, 6.07) is 6.22. The number of amidine groups is 1. The van der Waals surface area contributed by atoms with E-state index in [0.29, 0.717) is 17.4 Å². The zero-order chi connectivity index (χ0) is 31.8. The lowest BCUT2D eigenvalue weighted by atomic mass is 9.90. The number of alkyl halides is 4.